The minimum Gasteiger partial charge on any atom is -0.597 e. The van der Waals surface area contributed by atoms with Crippen molar-refractivity contribution in [2.75, 3.05) is 25.3 Å². The highest BCUT2D eigenvalue weighted by molar-refractivity contribution is 8.13. The van der Waals surface area contributed by atoms with E-state index in [4.69, 9.17) is 20.9 Å². The monoisotopic (exact) mass is 445 g/mol. The molecule has 152 valence electrons. The normalized spacial score (nSPS) is 18.6. The number of carbonyl (C=O) groups excluding carboxylic acids is 1. The molecular weight excluding hydrogens is 417 g/mol. The molecule has 2 N–H and O–H groups in total. The molecule has 1 aliphatic rings. The first-order valence-corrected chi connectivity index (χ1v) is 13.6. The van der Waals surface area contributed by atoms with Gasteiger partial charge in [-0.2, -0.15) is 0 Å². The van der Waals surface area contributed by atoms with E-state index in [1.165, 1.54) is 11.8 Å². The van der Waals surface area contributed by atoms with Gasteiger partial charge in [0.2, 0.25) is 12.4 Å². The molecule has 0 aromatic carbocycles. The number of carbonyl (C=O) groups is 1. The van der Waals surface area contributed by atoms with Gasteiger partial charge in [0.15, 0.2) is 0 Å². The molecule has 26 heavy (non-hydrogen) atoms. The number of nitrogens with zero attached hydrogens (tertiary/aromatic N) is 1. The number of rotatable bonds is 10. The zero-order chi connectivity index (χ0) is 19.6. The summed E-state index contributed by atoms with van der Waals surface area (Å²) in [5.41, 5.74) is 0. The summed E-state index contributed by atoms with van der Waals surface area (Å²) in [5.74, 6) is -0.123. The molecule has 0 aromatic rings. The molecule has 1 rings (SSSR count). The summed E-state index contributed by atoms with van der Waals surface area (Å²) in [6.45, 7) is 3.66. The van der Waals surface area contributed by atoms with Gasteiger partial charge in [0.05, 0.1) is 24.6 Å². The summed E-state index contributed by atoms with van der Waals surface area (Å²) in [6.07, 6.45) is 4.45. The molecule has 0 bridgehead atoms. The lowest BCUT2D eigenvalue weighted by Crippen LogP contribution is -2.49. The predicted molar refractivity (Wildman–Crippen MR) is 111 cm³/mol. The van der Waals surface area contributed by atoms with Crippen molar-refractivity contribution in [2.24, 2.45) is 5.16 Å². The van der Waals surface area contributed by atoms with Gasteiger partial charge in [0.1, 0.15) is 10.3 Å². The molecule has 0 radical (unpaired) electrons. The maximum atomic E-state index is 12.5. The fourth-order valence-corrected chi connectivity index (χ4v) is 8.01. The first kappa shape index (κ1) is 24.2. The van der Waals surface area contributed by atoms with Gasteiger partial charge in [0.25, 0.3) is 0 Å². The van der Waals surface area contributed by atoms with Gasteiger partial charge < -0.3 is 13.6 Å². The first-order chi connectivity index (χ1) is 12.3. The quantitative estimate of drug-likeness (QED) is 0.132. The van der Waals surface area contributed by atoms with Crippen LogP contribution in [0.1, 0.15) is 46.5 Å². The molecule has 1 amide bonds. The molecule has 8 nitrogen and oxygen atoms in total. The van der Waals surface area contributed by atoms with Crippen LogP contribution in [-0.2, 0) is 37.1 Å². The van der Waals surface area contributed by atoms with E-state index in [0.29, 0.717) is 18.3 Å². The van der Waals surface area contributed by atoms with E-state index >= 15 is 0 Å². The summed E-state index contributed by atoms with van der Waals surface area (Å²) in [6, 6.07) is 0. The minimum atomic E-state index is -2.67. The molecule has 0 aliphatic heterocycles. The van der Waals surface area contributed by atoms with E-state index in [9.17, 15) is 9.35 Å². The number of oxime groups is 1. The highest BCUT2D eigenvalue weighted by Gasteiger charge is 2.51. The summed E-state index contributed by atoms with van der Waals surface area (Å²) in [7, 11) is 0. The van der Waals surface area contributed by atoms with Crippen LogP contribution in [-0.4, -0.2) is 46.3 Å². The van der Waals surface area contributed by atoms with Crippen molar-refractivity contribution in [3.63, 3.8) is 0 Å². The van der Waals surface area contributed by atoms with Gasteiger partial charge >= 0.3 is 6.09 Å². The number of nitrogens with one attached hydrogen (secondary N) is 2. The Kier molecular flexibility index (Phi) is 11.0. The zero-order valence-corrected chi connectivity index (χ0v) is 19.0. The largest absolute Gasteiger partial charge is 0.597 e. The standard InChI is InChI=1S/C14H28N3O5PS3/c1-5-20-23(24,21-6-2)14(9-7-8-10-14)17-26(19)11-15-13(18)22-16-12(3)25-4/h17H,5-11H2,1-4H3,(H,15,18). The Labute approximate surface area is 168 Å². The van der Waals surface area contributed by atoms with Gasteiger partial charge in [0, 0.05) is 0 Å². The minimum absolute atomic E-state index is 0.123. The zero-order valence-electron chi connectivity index (χ0n) is 15.6. The Bertz CT molecular complexity index is 522. The van der Waals surface area contributed by atoms with Crippen LogP contribution in [0.2, 0.25) is 0 Å². The van der Waals surface area contributed by atoms with Gasteiger partial charge in [-0.1, -0.05) is 18.0 Å². The molecule has 1 unspecified atom stereocenters. The highest BCUT2D eigenvalue weighted by atomic mass is 32.5. The molecular formula is C14H28N3O5PS3. The number of hydrogen-bond donors (Lipinski definition) is 2. The first-order valence-electron chi connectivity index (χ1n) is 8.41. The maximum Gasteiger partial charge on any atom is 0.437 e. The van der Waals surface area contributed by atoms with Crippen LogP contribution in [0.15, 0.2) is 5.16 Å². The maximum absolute atomic E-state index is 12.5. The molecule has 12 heteroatoms. The molecule has 1 atom stereocenters. The molecule has 0 saturated heterocycles. The fraction of sp³-hybridized carbons (Fsp3) is 0.857. The lowest BCUT2D eigenvalue weighted by Gasteiger charge is -2.38. The van der Waals surface area contributed by atoms with Gasteiger partial charge in [-0.05, 0) is 51.7 Å². The molecule has 1 fully saturated rings. The molecule has 1 saturated carbocycles. The van der Waals surface area contributed by atoms with Crippen molar-refractivity contribution in [2.45, 2.75) is 51.7 Å². The number of thioether (sulfide) groups is 1. The van der Waals surface area contributed by atoms with Crippen molar-refractivity contribution in [3.8, 4) is 0 Å². The fourth-order valence-electron chi connectivity index (χ4n) is 2.56. The molecule has 1 aliphatic carbocycles. The summed E-state index contributed by atoms with van der Waals surface area (Å²) < 4.78 is 27.3. The summed E-state index contributed by atoms with van der Waals surface area (Å²) in [4.78, 5) is 16.3. The highest BCUT2D eigenvalue weighted by Crippen LogP contribution is 2.65. The van der Waals surface area contributed by atoms with Crippen LogP contribution in [0.3, 0.4) is 0 Å². The lowest BCUT2D eigenvalue weighted by molar-refractivity contribution is 0.152. The number of hydrogen-bond acceptors (Lipinski definition) is 9. The third kappa shape index (κ3) is 6.94. The third-order valence-electron chi connectivity index (χ3n) is 3.76. The Morgan fingerprint density at radius 1 is 1.35 bits per heavy atom. The van der Waals surface area contributed by atoms with Crippen molar-refractivity contribution in [3.05, 3.63) is 0 Å². The van der Waals surface area contributed by atoms with Crippen LogP contribution in [0.4, 0.5) is 4.79 Å². The van der Waals surface area contributed by atoms with Gasteiger partial charge in [-0.15, -0.1) is 16.5 Å². The SMILES string of the molecule is CCOP(=S)(OCC)C1(N[S+]([O-])CNC(=O)ON=C(C)SC)CCCC1. The Hall–Kier alpha value is 0.130. The smallest absolute Gasteiger partial charge is 0.437 e. The van der Waals surface area contributed by atoms with Crippen LogP contribution in [0.5, 0.6) is 0 Å². The van der Waals surface area contributed by atoms with Crippen LogP contribution >= 0.6 is 18.3 Å². The summed E-state index contributed by atoms with van der Waals surface area (Å²) in [5, 5.41) is 6.02. The average molecular weight is 446 g/mol. The van der Waals surface area contributed by atoms with E-state index < -0.39 is 29.2 Å². The third-order valence-corrected chi connectivity index (χ3v) is 10.1. The second-order valence-electron chi connectivity index (χ2n) is 5.53. The van der Waals surface area contributed by atoms with Gasteiger partial charge in [-0.3, -0.25) is 10.2 Å². The average Bonchev–Trinajstić information content (AvgIpc) is 3.08. The van der Waals surface area contributed by atoms with E-state index in [1.807, 2.05) is 20.1 Å². The Morgan fingerprint density at radius 2 is 1.92 bits per heavy atom. The van der Waals surface area contributed by atoms with E-state index in [2.05, 4.69) is 20.0 Å². The summed E-state index contributed by atoms with van der Waals surface area (Å²) >= 11 is 5.55. The van der Waals surface area contributed by atoms with Crippen molar-refractivity contribution in [1.82, 2.24) is 10.0 Å². The predicted octanol–water partition coefficient (Wildman–Crippen LogP) is 3.27. The van der Waals surface area contributed by atoms with Crippen molar-refractivity contribution < 1.29 is 23.2 Å². The van der Waals surface area contributed by atoms with Crippen molar-refractivity contribution >= 4 is 52.6 Å². The van der Waals surface area contributed by atoms with E-state index in [-0.39, 0.29) is 5.88 Å². The second kappa shape index (κ2) is 11.9. The van der Waals surface area contributed by atoms with E-state index in [1.54, 1.807) is 6.92 Å². The number of amides is 1. The van der Waals surface area contributed by atoms with Crippen LogP contribution in [0, 0.1) is 0 Å². The van der Waals surface area contributed by atoms with Crippen LogP contribution < -0.4 is 10.0 Å². The molecule has 0 aromatic heterocycles. The molecule has 0 spiro atoms. The lowest BCUT2D eigenvalue weighted by atomic mass is 10.3. The van der Waals surface area contributed by atoms with Crippen molar-refractivity contribution in [1.29, 1.82) is 0 Å². The van der Waals surface area contributed by atoms with Gasteiger partial charge in [-0.25, -0.2) is 4.79 Å². The van der Waals surface area contributed by atoms with E-state index in [0.717, 1.165) is 25.7 Å². The Balaban J connectivity index is 2.69. The second-order valence-corrected chi connectivity index (χ2v) is 11.5. The van der Waals surface area contributed by atoms with Crippen LogP contribution in [0.25, 0.3) is 0 Å². The molecule has 0 heterocycles. The Morgan fingerprint density at radius 3 is 2.42 bits per heavy atom. The topological polar surface area (TPSA) is 104 Å².